The zero-order chi connectivity index (χ0) is 19.8. The minimum absolute atomic E-state index is 0.142. The van der Waals surface area contributed by atoms with Crippen molar-refractivity contribution in [1.29, 1.82) is 0 Å². The lowest BCUT2D eigenvalue weighted by Gasteiger charge is -2.15. The summed E-state index contributed by atoms with van der Waals surface area (Å²) in [6, 6.07) is 17.3. The van der Waals surface area contributed by atoms with Gasteiger partial charge in [0.2, 0.25) is 0 Å². The zero-order valence-corrected chi connectivity index (χ0v) is 16.4. The van der Waals surface area contributed by atoms with Gasteiger partial charge in [0.05, 0.1) is 29.6 Å². The molecule has 0 aliphatic carbocycles. The van der Waals surface area contributed by atoms with Gasteiger partial charge in [0.1, 0.15) is 5.75 Å². The Morgan fingerprint density at radius 1 is 1.00 bits per heavy atom. The van der Waals surface area contributed by atoms with Crippen molar-refractivity contribution in [2.75, 3.05) is 7.11 Å². The third-order valence-electron chi connectivity index (χ3n) is 4.92. The van der Waals surface area contributed by atoms with Crippen LogP contribution in [0.3, 0.4) is 0 Å². The van der Waals surface area contributed by atoms with Gasteiger partial charge < -0.3 is 4.74 Å². The molecular formula is C23H21N3O2. The molecule has 0 unspecified atom stereocenters. The molecule has 0 fully saturated rings. The van der Waals surface area contributed by atoms with Gasteiger partial charge in [-0.25, -0.2) is 9.67 Å². The number of carbonyl (C=O) groups excluding carboxylic acids is 1. The lowest BCUT2D eigenvalue weighted by molar-refractivity contribution is 0.0943. The summed E-state index contributed by atoms with van der Waals surface area (Å²) in [5, 5.41) is 5.22. The topological polar surface area (TPSA) is 57.0 Å². The maximum absolute atomic E-state index is 13.5. The molecule has 2 heterocycles. The summed E-state index contributed by atoms with van der Waals surface area (Å²) in [7, 11) is 1.64. The monoisotopic (exact) mass is 371 g/mol. The minimum atomic E-state index is -0.142. The summed E-state index contributed by atoms with van der Waals surface area (Å²) in [6.07, 6.45) is 0. The van der Waals surface area contributed by atoms with E-state index in [2.05, 4.69) is 5.10 Å². The number of aromatic nitrogens is 3. The van der Waals surface area contributed by atoms with Crippen molar-refractivity contribution in [2.24, 2.45) is 0 Å². The number of methoxy groups -OCH3 is 1. The molecule has 0 bridgehead atoms. The molecule has 0 aliphatic rings. The van der Waals surface area contributed by atoms with Crippen molar-refractivity contribution >= 4 is 16.8 Å². The Bertz CT molecular complexity index is 1190. The predicted molar refractivity (Wildman–Crippen MR) is 110 cm³/mol. The Kier molecular flexibility index (Phi) is 4.43. The van der Waals surface area contributed by atoms with Gasteiger partial charge in [-0.15, -0.1) is 0 Å². The second-order valence-electron chi connectivity index (χ2n) is 6.85. The van der Waals surface area contributed by atoms with Crippen molar-refractivity contribution in [3.05, 3.63) is 77.1 Å². The van der Waals surface area contributed by atoms with Crippen LogP contribution in [0.4, 0.5) is 0 Å². The van der Waals surface area contributed by atoms with E-state index in [1.54, 1.807) is 7.11 Å². The molecule has 0 N–H and O–H groups in total. The van der Waals surface area contributed by atoms with Crippen LogP contribution in [0, 0.1) is 20.8 Å². The van der Waals surface area contributed by atoms with E-state index >= 15 is 0 Å². The zero-order valence-electron chi connectivity index (χ0n) is 16.4. The molecule has 0 amide bonds. The van der Waals surface area contributed by atoms with E-state index in [-0.39, 0.29) is 5.91 Å². The number of ether oxygens (including phenoxy) is 1. The van der Waals surface area contributed by atoms with Crippen LogP contribution in [-0.2, 0) is 0 Å². The Morgan fingerprint density at radius 3 is 2.36 bits per heavy atom. The smallest absolute Gasteiger partial charge is 0.279 e. The number of hydrogen-bond acceptors (Lipinski definition) is 4. The first-order valence-corrected chi connectivity index (χ1v) is 9.11. The van der Waals surface area contributed by atoms with E-state index in [1.165, 1.54) is 4.68 Å². The quantitative estimate of drug-likeness (QED) is 0.523. The summed E-state index contributed by atoms with van der Waals surface area (Å²) in [5.74, 6) is 0.637. The molecule has 28 heavy (non-hydrogen) atoms. The number of fused-ring (bicyclic) bond motifs is 1. The van der Waals surface area contributed by atoms with Gasteiger partial charge in [0, 0.05) is 16.6 Å². The first-order chi connectivity index (χ1) is 13.5. The third kappa shape index (κ3) is 2.95. The molecule has 140 valence electrons. The van der Waals surface area contributed by atoms with Crippen LogP contribution >= 0.6 is 0 Å². The average Bonchev–Trinajstić information content (AvgIpc) is 3.05. The predicted octanol–water partition coefficient (Wildman–Crippen LogP) is 4.72. The van der Waals surface area contributed by atoms with Crippen molar-refractivity contribution in [3.8, 4) is 17.0 Å². The van der Waals surface area contributed by atoms with Gasteiger partial charge in [0.15, 0.2) is 0 Å². The largest absolute Gasteiger partial charge is 0.497 e. The number of carbonyl (C=O) groups is 1. The Morgan fingerprint density at radius 2 is 1.71 bits per heavy atom. The van der Waals surface area contributed by atoms with Gasteiger partial charge in [-0.3, -0.25) is 4.79 Å². The van der Waals surface area contributed by atoms with Gasteiger partial charge in [0.25, 0.3) is 5.91 Å². The molecule has 0 saturated carbocycles. The SMILES string of the molecule is COc1ccc(-c2nc3ccccc3c(C(=O)n3nc(C)cc3C)c2C)cc1. The van der Waals surface area contributed by atoms with E-state index in [9.17, 15) is 4.79 Å². The molecule has 4 rings (SSSR count). The molecule has 2 aromatic heterocycles. The molecular weight excluding hydrogens is 350 g/mol. The summed E-state index contributed by atoms with van der Waals surface area (Å²) in [4.78, 5) is 18.3. The lowest BCUT2D eigenvalue weighted by atomic mass is 9.97. The highest BCUT2D eigenvalue weighted by Crippen LogP contribution is 2.31. The first-order valence-electron chi connectivity index (χ1n) is 9.11. The summed E-state index contributed by atoms with van der Waals surface area (Å²) >= 11 is 0. The van der Waals surface area contributed by atoms with Crippen LogP contribution in [0.2, 0.25) is 0 Å². The second kappa shape index (κ2) is 6.93. The molecule has 0 aliphatic heterocycles. The number of hydrogen-bond donors (Lipinski definition) is 0. The van der Waals surface area contributed by atoms with E-state index in [4.69, 9.17) is 9.72 Å². The number of rotatable bonds is 3. The van der Waals surface area contributed by atoms with E-state index in [0.29, 0.717) is 5.56 Å². The Labute approximate surface area is 163 Å². The highest BCUT2D eigenvalue weighted by atomic mass is 16.5. The van der Waals surface area contributed by atoms with E-state index in [0.717, 1.165) is 44.9 Å². The van der Waals surface area contributed by atoms with E-state index in [1.807, 2.05) is 75.4 Å². The van der Waals surface area contributed by atoms with E-state index < -0.39 is 0 Å². The summed E-state index contributed by atoms with van der Waals surface area (Å²) in [6.45, 7) is 5.72. The first kappa shape index (κ1) is 17.9. The maximum Gasteiger partial charge on any atom is 0.279 e. The molecule has 0 atom stereocenters. The van der Waals surface area contributed by atoms with Crippen molar-refractivity contribution < 1.29 is 9.53 Å². The van der Waals surface area contributed by atoms with Crippen LogP contribution in [0.1, 0.15) is 27.3 Å². The standard InChI is InChI=1S/C23H21N3O2/c1-14-13-15(2)26(25-14)23(27)21-16(3)22(17-9-11-18(28-4)12-10-17)24-20-8-6-5-7-19(20)21/h5-13H,1-4H3. The fourth-order valence-corrected chi connectivity index (χ4v) is 3.55. The van der Waals surface area contributed by atoms with Crippen molar-refractivity contribution in [3.63, 3.8) is 0 Å². The number of para-hydroxylation sites is 1. The van der Waals surface area contributed by atoms with Crippen LogP contribution < -0.4 is 4.74 Å². The maximum atomic E-state index is 13.5. The fourth-order valence-electron chi connectivity index (χ4n) is 3.55. The molecule has 2 aromatic carbocycles. The van der Waals surface area contributed by atoms with Crippen LogP contribution in [0.25, 0.3) is 22.2 Å². The highest BCUT2D eigenvalue weighted by Gasteiger charge is 2.22. The van der Waals surface area contributed by atoms with Gasteiger partial charge in [-0.05, 0) is 62.7 Å². The molecule has 5 nitrogen and oxygen atoms in total. The fraction of sp³-hybridized carbons (Fsp3) is 0.174. The molecule has 0 saturated heterocycles. The summed E-state index contributed by atoms with van der Waals surface area (Å²) < 4.78 is 6.73. The van der Waals surface area contributed by atoms with Gasteiger partial charge in [-0.2, -0.15) is 5.10 Å². The normalized spacial score (nSPS) is 11.0. The van der Waals surface area contributed by atoms with Crippen LogP contribution in [0.15, 0.2) is 54.6 Å². The molecule has 0 spiro atoms. The third-order valence-corrected chi connectivity index (χ3v) is 4.92. The summed E-state index contributed by atoms with van der Waals surface area (Å²) in [5.41, 5.74) is 5.59. The molecule has 0 radical (unpaired) electrons. The average molecular weight is 371 g/mol. The second-order valence-corrected chi connectivity index (χ2v) is 6.85. The number of nitrogens with zero attached hydrogens (tertiary/aromatic N) is 3. The van der Waals surface area contributed by atoms with Crippen LogP contribution in [0.5, 0.6) is 5.75 Å². The Hall–Kier alpha value is -3.47. The van der Waals surface area contributed by atoms with Gasteiger partial charge >= 0.3 is 0 Å². The molecule has 4 aromatic rings. The Balaban J connectivity index is 1.97. The van der Waals surface area contributed by atoms with Crippen molar-refractivity contribution in [2.45, 2.75) is 20.8 Å². The van der Waals surface area contributed by atoms with Crippen molar-refractivity contribution in [1.82, 2.24) is 14.8 Å². The minimum Gasteiger partial charge on any atom is -0.497 e. The van der Waals surface area contributed by atoms with Gasteiger partial charge in [-0.1, -0.05) is 18.2 Å². The number of aryl methyl sites for hydroxylation is 2. The molecule has 5 heteroatoms. The number of pyridine rings is 1. The number of benzene rings is 2. The van der Waals surface area contributed by atoms with Crippen LogP contribution in [-0.4, -0.2) is 27.8 Å². The lowest BCUT2D eigenvalue weighted by Crippen LogP contribution is -2.18. The highest BCUT2D eigenvalue weighted by molar-refractivity contribution is 6.09.